The van der Waals surface area contributed by atoms with E-state index in [0.29, 0.717) is 56.9 Å². The zero-order valence-corrected chi connectivity index (χ0v) is 43.9. The molecule has 17 nitrogen and oxygen atoms in total. The van der Waals surface area contributed by atoms with Gasteiger partial charge in [-0.05, 0) is 101 Å². The summed E-state index contributed by atoms with van der Waals surface area (Å²) < 4.78 is 27.0. The predicted octanol–water partition coefficient (Wildman–Crippen LogP) is 9.48. The number of aliphatic carboxylic acids is 1. The van der Waals surface area contributed by atoms with Gasteiger partial charge in [-0.2, -0.15) is 0 Å². The second kappa shape index (κ2) is 21.9. The van der Waals surface area contributed by atoms with E-state index in [1.54, 1.807) is 14.7 Å². The highest BCUT2D eigenvalue weighted by Gasteiger charge is 2.63. The lowest BCUT2D eigenvalue weighted by atomic mass is 9.56. The molecule has 6 aliphatic rings. The Balaban J connectivity index is 0.000000161. The van der Waals surface area contributed by atoms with Gasteiger partial charge in [0.2, 0.25) is 0 Å². The minimum Gasteiger partial charge on any atom is -0.481 e. The molecule has 17 heteroatoms. The van der Waals surface area contributed by atoms with E-state index in [4.69, 9.17) is 23.7 Å². The lowest BCUT2D eigenvalue weighted by Crippen LogP contribution is -2.64. The number of benzene rings is 3. The molecule has 3 aliphatic heterocycles. The molecule has 0 spiro atoms. The summed E-state index contributed by atoms with van der Waals surface area (Å²) in [5.74, 6) is 1.00. The number of ether oxygens (including phenoxy) is 5. The van der Waals surface area contributed by atoms with E-state index in [0.717, 1.165) is 29.5 Å². The molecule has 3 saturated carbocycles. The SMILES string of the molecule is C[C@@H]1CC2(C(=O)O)CN(C(=O)OCc3ccccc3)CC12.C[C@@H]1C[C@@]2(NC(=O)OC(C)(C)C)CN(C(=O)OCc3ccccc3)C[C@@H]12.C[C@@H]1C[C@]2(NC(=O)OC(C)(C)C)CN(C(=O)OCc3ccccc3)C[C@H]12. The Labute approximate surface area is 429 Å². The zero-order valence-electron chi connectivity index (χ0n) is 43.9. The Kier molecular flexibility index (Phi) is 16.3. The second-order valence-electron chi connectivity index (χ2n) is 23.2. The van der Waals surface area contributed by atoms with E-state index < -0.39 is 51.9 Å². The number of fused-ring (bicyclic) bond motifs is 3. The Bertz CT molecular complexity index is 2310. The molecule has 9 rings (SSSR count). The van der Waals surface area contributed by atoms with Crippen LogP contribution in [0.1, 0.15) is 98.3 Å². The number of alkyl carbamates (subject to hydrolysis) is 2. The van der Waals surface area contributed by atoms with Crippen LogP contribution in [0.3, 0.4) is 0 Å². The van der Waals surface area contributed by atoms with E-state index in [1.165, 1.54) is 0 Å². The van der Waals surface area contributed by atoms with Crippen molar-refractivity contribution in [3.63, 3.8) is 0 Å². The van der Waals surface area contributed by atoms with Crippen LogP contribution in [-0.4, -0.2) is 118 Å². The number of amides is 5. The molecule has 3 saturated heterocycles. The molecule has 3 aromatic carbocycles. The summed E-state index contributed by atoms with van der Waals surface area (Å²) in [6, 6.07) is 28.7. The number of carboxylic acids is 1. The summed E-state index contributed by atoms with van der Waals surface area (Å²) in [5, 5.41) is 15.5. The number of nitrogens with zero attached hydrogens (tertiary/aromatic N) is 3. The molecule has 396 valence electrons. The first kappa shape index (κ1) is 54.3. The largest absolute Gasteiger partial charge is 0.481 e. The van der Waals surface area contributed by atoms with Gasteiger partial charge in [-0.1, -0.05) is 112 Å². The molecule has 0 bridgehead atoms. The van der Waals surface area contributed by atoms with Gasteiger partial charge >= 0.3 is 36.4 Å². The molecule has 0 radical (unpaired) electrons. The molecule has 3 N–H and O–H groups in total. The van der Waals surface area contributed by atoms with Gasteiger partial charge in [-0.25, -0.2) is 24.0 Å². The van der Waals surface area contributed by atoms with Crippen LogP contribution in [0.15, 0.2) is 91.0 Å². The topological polar surface area (TPSA) is 203 Å². The molecule has 0 aromatic heterocycles. The summed E-state index contributed by atoms with van der Waals surface area (Å²) >= 11 is 0. The highest BCUT2D eigenvalue weighted by molar-refractivity contribution is 5.80. The van der Waals surface area contributed by atoms with Gasteiger partial charge in [-0.3, -0.25) is 4.79 Å². The Hall–Kier alpha value is -6.52. The number of rotatable bonds is 9. The number of hydrogen-bond donors (Lipinski definition) is 3. The van der Waals surface area contributed by atoms with Crippen LogP contribution in [0.2, 0.25) is 0 Å². The quantitative estimate of drug-likeness (QED) is 0.172. The van der Waals surface area contributed by atoms with E-state index in [1.807, 2.05) is 139 Å². The monoisotopic (exact) mass is 1010 g/mol. The van der Waals surface area contributed by atoms with Crippen molar-refractivity contribution in [2.45, 2.75) is 124 Å². The molecule has 2 unspecified atom stereocenters. The fourth-order valence-corrected chi connectivity index (χ4v) is 11.8. The average Bonchev–Trinajstić information content (AvgIpc) is 3.93. The fourth-order valence-electron chi connectivity index (χ4n) is 11.8. The minimum absolute atomic E-state index is 0.0549. The minimum atomic E-state index is -0.788. The summed E-state index contributed by atoms with van der Waals surface area (Å²) in [5.41, 5.74) is 0.216. The first-order chi connectivity index (χ1) is 34.4. The number of carboxylic acid groups (broad SMARTS) is 1. The number of hydrogen-bond acceptors (Lipinski definition) is 11. The summed E-state index contributed by atoms with van der Waals surface area (Å²) in [6.07, 6.45) is 0.416. The zero-order chi connectivity index (χ0) is 52.9. The maximum Gasteiger partial charge on any atom is 0.410 e. The number of likely N-dealkylation sites (tertiary alicyclic amines) is 3. The summed E-state index contributed by atoms with van der Waals surface area (Å²) in [4.78, 5) is 77.9. The van der Waals surface area contributed by atoms with Gasteiger partial charge in [0, 0.05) is 51.1 Å². The van der Waals surface area contributed by atoms with Gasteiger partial charge in [0.05, 0.1) is 16.5 Å². The first-order valence-corrected chi connectivity index (χ1v) is 25.5. The van der Waals surface area contributed by atoms with Gasteiger partial charge in [0.25, 0.3) is 0 Å². The Morgan fingerprint density at radius 3 is 1.11 bits per heavy atom. The predicted molar refractivity (Wildman–Crippen MR) is 271 cm³/mol. The van der Waals surface area contributed by atoms with Gasteiger partial charge < -0.3 is 54.1 Å². The van der Waals surface area contributed by atoms with E-state index in [-0.39, 0.29) is 56.3 Å². The van der Waals surface area contributed by atoms with Crippen LogP contribution in [0.5, 0.6) is 0 Å². The maximum atomic E-state index is 12.5. The van der Waals surface area contributed by atoms with Gasteiger partial charge in [-0.15, -0.1) is 0 Å². The molecule has 3 heterocycles. The molecule has 5 amide bonds. The van der Waals surface area contributed by atoms with Crippen molar-refractivity contribution in [2.24, 2.45) is 40.9 Å². The Morgan fingerprint density at radius 1 is 0.507 bits per heavy atom. The van der Waals surface area contributed by atoms with Gasteiger partial charge in [0.1, 0.15) is 31.0 Å². The van der Waals surface area contributed by atoms with E-state index in [2.05, 4.69) is 24.5 Å². The van der Waals surface area contributed by atoms with Crippen LogP contribution in [-0.2, 0) is 48.3 Å². The number of nitrogens with one attached hydrogen (secondary N) is 2. The van der Waals surface area contributed by atoms with Crippen molar-refractivity contribution in [1.29, 1.82) is 0 Å². The van der Waals surface area contributed by atoms with E-state index in [9.17, 15) is 33.9 Å². The van der Waals surface area contributed by atoms with Crippen LogP contribution >= 0.6 is 0 Å². The molecule has 3 aromatic rings. The van der Waals surface area contributed by atoms with Crippen molar-refractivity contribution < 1.29 is 57.6 Å². The summed E-state index contributed by atoms with van der Waals surface area (Å²) in [6.45, 7) is 21.0. The average molecular weight is 1010 g/mol. The lowest BCUT2D eigenvalue weighted by Gasteiger charge is -2.49. The normalized spacial score (nSPS) is 28.2. The van der Waals surface area contributed by atoms with Crippen molar-refractivity contribution in [3.8, 4) is 0 Å². The molecule has 6 fully saturated rings. The number of carbonyl (C=O) groups excluding carboxylic acids is 5. The molecule has 3 aliphatic carbocycles. The highest BCUT2D eigenvalue weighted by atomic mass is 16.6. The molecule has 73 heavy (non-hydrogen) atoms. The third-order valence-corrected chi connectivity index (χ3v) is 15.2. The number of carbonyl (C=O) groups is 6. The summed E-state index contributed by atoms with van der Waals surface area (Å²) in [7, 11) is 0. The second-order valence-corrected chi connectivity index (χ2v) is 23.2. The molecular weight excluding hydrogens is 935 g/mol. The lowest BCUT2D eigenvalue weighted by molar-refractivity contribution is -0.161. The van der Waals surface area contributed by atoms with Crippen molar-refractivity contribution in [1.82, 2.24) is 25.3 Å². The standard InChI is InChI=1S/2C20H28N2O4.C16H19NO4/c2*1-14-10-20(21-17(23)26-19(2,3)4)13-22(11-16(14)20)18(24)25-12-15-8-6-5-7-9-15;1-11-7-16(14(18)19)10-17(8-13(11)16)15(20)21-9-12-5-3-2-4-6-12/h2*5-9,14,16H,10-13H2,1-4H3,(H,21,23);2-6,11,13H,7-10H2,1H3,(H,18,19)/t14-,16+,20-;14-,16-,20+;11-,13?,16?/m111/s1. The maximum absolute atomic E-state index is 12.5. The van der Waals surface area contributed by atoms with Crippen molar-refractivity contribution >= 4 is 36.4 Å². The van der Waals surface area contributed by atoms with Crippen LogP contribution in [0.4, 0.5) is 24.0 Å². The van der Waals surface area contributed by atoms with Crippen molar-refractivity contribution in [2.75, 3.05) is 39.3 Å². The van der Waals surface area contributed by atoms with E-state index >= 15 is 0 Å². The highest BCUT2D eigenvalue weighted by Crippen LogP contribution is 2.56. The van der Waals surface area contributed by atoms with Crippen LogP contribution < -0.4 is 10.6 Å². The molecule has 9 atom stereocenters. The van der Waals surface area contributed by atoms with Crippen LogP contribution in [0.25, 0.3) is 0 Å². The third-order valence-electron chi connectivity index (χ3n) is 15.2. The first-order valence-electron chi connectivity index (χ1n) is 25.5. The fraction of sp³-hybridized carbons (Fsp3) is 0.571. The third kappa shape index (κ3) is 13.0. The Morgan fingerprint density at radius 2 is 0.822 bits per heavy atom. The van der Waals surface area contributed by atoms with Crippen molar-refractivity contribution in [3.05, 3.63) is 108 Å². The van der Waals surface area contributed by atoms with Gasteiger partial charge in [0.15, 0.2) is 0 Å². The molecular formula is C56H75N5O12. The smallest absolute Gasteiger partial charge is 0.410 e. The van der Waals surface area contributed by atoms with Crippen LogP contribution in [0, 0.1) is 40.9 Å².